The van der Waals surface area contributed by atoms with Crippen LogP contribution in [0.1, 0.15) is 22.8 Å². The highest BCUT2D eigenvalue weighted by atomic mass is 16.6. The largest absolute Gasteiger partial charge is 0.493 e. The van der Waals surface area contributed by atoms with Crippen molar-refractivity contribution in [1.29, 1.82) is 0 Å². The van der Waals surface area contributed by atoms with Crippen molar-refractivity contribution in [3.05, 3.63) is 57.9 Å². The molecule has 0 fully saturated rings. The van der Waals surface area contributed by atoms with Gasteiger partial charge in [0.1, 0.15) is 0 Å². The number of aromatic nitrogens is 1. The van der Waals surface area contributed by atoms with E-state index in [-0.39, 0.29) is 23.8 Å². The number of methoxy groups -OCH3 is 1. The van der Waals surface area contributed by atoms with Gasteiger partial charge in [-0.2, -0.15) is 5.10 Å². The molecule has 2 aromatic rings. The van der Waals surface area contributed by atoms with Gasteiger partial charge in [0.15, 0.2) is 5.75 Å². The summed E-state index contributed by atoms with van der Waals surface area (Å²) in [5.41, 5.74) is 2.79. The van der Waals surface area contributed by atoms with E-state index in [1.807, 2.05) is 0 Å². The molecule has 1 N–H and O–H groups in total. The number of rotatable bonds is 7. The van der Waals surface area contributed by atoms with Crippen LogP contribution in [0.3, 0.4) is 0 Å². The number of hydrogen-bond acceptors (Lipinski definition) is 7. The second kappa shape index (κ2) is 8.39. The molecule has 0 aliphatic rings. The van der Waals surface area contributed by atoms with Gasteiger partial charge in [-0.15, -0.1) is 0 Å². The highest BCUT2D eigenvalue weighted by Gasteiger charge is 2.21. The van der Waals surface area contributed by atoms with E-state index in [4.69, 9.17) is 9.47 Å². The number of ether oxygens (including phenoxy) is 2. The second-order valence-corrected chi connectivity index (χ2v) is 4.70. The lowest BCUT2D eigenvalue weighted by atomic mass is 10.2. The van der Waals surface area contributed by atoms with Gasteiger partial charge in [0.2, 0.25) is 5.75 Å². The van der Waals surface area contributed by atoms with Crippen LogP contribution in [-0.4, -0.2) is 35.7 Å². The zero-order valence-corrected chi connectivity index (χ0v) is 13.6. The molecule has 0 radical (unpaired) electrons. The van der Waals surface area contributed by atoms with Gasteiger partial charge >= 0.3 is 5.69 Å². The molecule has 0 unspecified atom stereocenters. The number of amides is 1. The van der Waals surface area contributed by atoms with Gasteiger partial charge in [0, 0.05) is 24.0 Å². The van der Waals surface area contributed by atoms with E-state index >= 15 is 0 Å². The lowest BCUT2D eigenvalue weighted by molar-refractivity contribution is -0.385. The standard InChI is InChI=1S/C16H16N4O5/c1-3-25-15-13(20(22)23)7-11(8-14(15)24-2)9-18-19-16(21)12-5-4-6-17-10-12/h4-10H,3H2,1-2H3,(H,19,21)/b18-9-. The van der Waals surface area contributed by atoms with E-state index in [1.54, 1.807) is 25.3 Å². The van der Waals surface area contributed by atoms with Gasteiger partial charge in [-0.05, 0) is 25.1 Å². The number of carbonyl (C=O) groups is 1. The molecule has 0 atom stereocenters. The normalized spacial score (nSPS) is 10.5. The number of benzene rings is 1. The third-order valence-electron chi connectivity index (χ3n) is 3.07. The second-order valence-electron chi connectivity index (χ2n) is 4.70. The Balaban J connectivity index is 2.23. The van der Waals surface area contributed by atoms with Crippen LogP contribution < -0.4 is 14.9 Å². The SMILES string of the molecule is CCOc1c(OC)cc(/C=N\NC(=O)c2cccnc2)cc1[N+](=O)[O-]. The molecule has 0 aliphatic heterocycles. The molecule has 25 heavy (non-hydrogen) atoms. The van der Waals surface area contributed by atoms with Crippen LogP contribution in [-0.2, 0) is 0 Å². The average Bonchev–Trinajstić information content (AvgIpc) is 2.63. The maximum absolute atomic E-state index is 11.9. The summed E-state index contributed by atoms with van der Waals surface area (Å²) in [4.78, 5) is 26.4. The molecule has 1 amide bonds. The van der Waals surface area contributed by atoms with Gasteiger partial charge in [-0.1, -0.05) is 0 Å². The van der Waals surface area contributed by atoms with Crippen LogP contribution in [0.4, 0.5) is 5.69 Å². The highest BCUT2D eigenvalue weighted by molar-refractivity contribution is 5.94. The topological polar surface area (TPSA) is 116 Å². The molecule has 0 aliphatic carbocycles. The first-order valence-corrected chi connectivity index (χ1v) is 7.29. The van der Waals surface area contributed by atoms with Crippen LogP contribution in [0.5, 0.6) is 11.5 Å². The number of hydrazone groups is 1. The van der Waals surface area contributed by atoms with Crippen molar-refractivity contribution >= 4 is 17.8 Å². The van der Waals surface area contributed by atoms with E-state index in [0.29, 0.717) is 11.1 Å². The van der Waals surface area contributed by atoms with Crippen molar-refractivity contribution < 1.29 is 19.2 Å². The van der Waals surface area contributed by atoms with Crippen molar-refractivity contribution in [2.75, 3.05) is 13.7 Å². The van der Waals surface area contributed by atoms with Crippen molar-refractivity contribution in [1.82, 2.24) is 10.4 Å². The van der Waals surface area contributed by atoms with Gasteiger partial charge in [0.25, 0.3) is 5.91 Å². The lowest BCUT2D eigenvalue weighted by Crippen LogP contribution is -2.17. The minimum atomic E-state index is -0.570. The maximum Gasteiger partial charge on any atom is 0.315 e. The number of nitro benzene ring substituents is 1. The van der Waals surface area contributed by atoms with E-state index in [2.05, 4.69) is 15.5 Å². The fourth-order valence-electron chi connectivity index (χ4n) is 1.99. The number of nitrogens with one attached hydrogen (secondary N) is 1. The van der Waals surface area contributed by atoms with Crippen LogP contribution in [0.15, 0.2) is 41.8 Å². The van der Waals surface area contributed by atoms with Crippen molar-refractivity contribution in [3.8, 4) is 11.5 Å². The third kappa shape index (κ3) is 4.50. The van der Waals surface area contributed by atoms with Crippen molar-refractivity contribution in [3.63, 3.8) is 0 Å². The molecule has 1 aromatic carbocycles. The number of hydrogen-bond donors (Lipinski definition) is 1. The van der Waals surface area contributed by atoms with E-state index < -0.39 is 10.8 Å². The highest BCUT2D eigenvalue weighted by Crippen LogP contribution is 2.37. The average molecular weight is 344 g/mol. The first-order chi connectivity index (χ1) is 12.1. The van der Waals surface area contributed by atoms with Gasteiger partial charge < -0.3 is 9.47 Å². The Labute approximate surface area is 143 Å². The molecule has 9 heteroatoms. The molecule has 0 bridgehead atoms. The van der Waals surface area contributed by atoms with E-state index in [9.17, 15) is 14.9 Å². The summed E-state index contributed by atoms with van der Waals surface area (Å²) < 4.78 is 10.4. The summed E-state index contributed by atoms with van der Waals surface area (Å²) in [5.74, 6) is -0.195. The van der Waals surface area contributed by atoms with Crippen LogP contribution in [0.2, 0.25) is 0 Å². The molecule has 1 aromatic heterocycles. The van der Waals surface area contributed by atoms with Crippen molar-refractivity contribution in [2.45, 2.75) is 6.92 Å². The number of nitrogens with zero attached hydrogens (tertiary/aromatic N) is 3. The predicted octanol–water partition coefficient (Wildman–Crippen LogP) is 2.16. The molecule has 9 nitrogen and oxygen atoms in total. The number of nitro groups is 1. The zero-order chi connectivity index (χ0) is 18.2. The Morgan fingerprint density at radius 2 is 2.28 bits per heavy atom. The Bertz CT molecular complexity index is 793. The fraction of sp³-hybridized carbons (Fsp3) is 0.188. The summed E-state index contributed by atoms with van der Waals surface area (Å²) >= 11 is 0. The quantitative estimate of drug-likeness (QED) is 0.467. The van der Waals surface area contributed by atoms with E-state index in [0.717, 1.165) is 0 Å². The molecular weight excluding hydrogens is 328 g/mol. The van der Waals surface area contributed by atoms with Crippen LogP contribution in [0, 0.1) is 10.1 Å². The Kier molecular flexibility index (Phi) is 5.99. The fourth-order valence-corrected chi connectivity index (χ4v) is 1.99. The zero-order valence-electron chi connectivity index (χ0n) is 13.6. The van der Waals surface area contributed by atoms with Gasteiger partial charge in [0.05, 0.1) is 30.4 Å². The maximum atomic E-state index is 11.9. The van der Waals surface area contributed by atoms with Crippen LogP contribution in [0.25, 0.3) is 0 Å². The summed E-state index contributed by atoms with van der Waals surface area (Å²) in [6.07, 6.45) is 4.22. The molecule has 0 saturated heterocycles. The molecule has 2 rings (SSSR count). The number of pyridine rings is 1. The third-order valence-corrected chi connectivity index (χ3v) is 3.07. The molecule has 1 heterocycles. The number of carbonyl (C=O) groups excluding carboxylic acids is 1. The summed E-state index contributed by atoms with van der Waals surface area (Å²) in [6.45, 7) is 1.97. The first-order valence-electron chi connectivity index (χ1n) is 7.29. The van der Waals surface area contributed by atoms with E-state index in [1.165, 1.54) is 31.7 Å². The minimum Gasteiger partial charge on any atom is -0.493 e. The minimum absolute atomic E-state index is 0.0477. The Hall–Kier alpha value is -3.49. The lowest BCUT2D eigenvalue weighted by Gasteiger charge is -2.10. The Morgan fingerprint density at radius 3 is 2.88 bits per heavy atom. The first kappa shape index (κ1) is 17.9. The predicted molar refractivity (Wildman–Crippen MR) is 90.1 cm³/mol. The molecular formula is C16H16N4O5. The monoisotopic (exact) mass is 344 g/mol. The summed E-state index contributed by atoms with van der Waals surface area (Å²) in [5, 5.41) is 15.0. The Morgan fingerprint density at radius 1 is 1.48 bits per heavy atom. The summed E-state index contributed by atoms with van der Waals surface area (Å²) in [7, 11) is 1.38. The van der Waals surface area contributed by atoms with Gasteiger partial charge in [-0.3, -0.25) is 19.9 Å². The molecule has 0 saturated carbocycles. The molecule has 130 valence electrons. The summed E-state index contributed by atoms with van der Waals surface area (Å²) in [6, 6.07) is 6.02. The van der Waals surface area contributed by atoms with Gasteiger partial charge in [-0.25, -0.2) is 5.43 Å². The molecule has 0 spiro atoms. The van der Waals surface area contributed by atoms with Crippen LogP contribution >= 0.6 is 0 Å². The van der Waals surface area contributed by atoms with Crippen molar-refractivity contribution in [2.24, 2.45) is 5.10 Å². The smallest absolute Gasteiger partial charge is 0.315 e.